The minimum absolute atomic E-state index is 0.0401. The van der Waals surface area contributed by atoms with Crippen molar-refractivity contribution >= 4 is 21.6 Å². The van der Waals surface area contributed by atoms with Gasteiger partial charge in [-0.2, -0.15) is 5.10 Å². The number of aromatic nitrogens is 3. The molecule has 0 saturated heterocycles. The molecule has 1 heterocycles. The Bertz CT molecular complexity index is 1320. The molecule has 168 valence electrons. The molecule has 0 unspecified atom stereocenters. The molecule has 0 spiro atoms. The van der Waals surface area contributed by atoms with Crippen LogP contribution in [0, 0.1) is 5.82 Å². The summed E-state index contributed by atoms with van der Waals surface area (Å²) in [6.07, 6.45) is 3.22. The molecule has 0 aliphatic carbocycles. The van der Waals surface area contributed by atoms with Gasteiger partial charge in [-0.15, -0.1) is 0 Å². The lowest BCUT2D eigenvalue weighted by atomic mass is 10.1. The topological polar surface area (TPSA) is 106 Å². The normalized spacial score (nSPS) is 11.2. The predicted molar refractivity (Wildman–Crippen MR) is 121 cm³/mol. The van der Waals surface area contributed by atoms with E-state index in [2.05, 4.69) is 20.1 Å². The van der Waals surface area contributed by atoms with Crippen LogP contribution in [0.2, 0.25) is 0 Å². The van der Waals surface area contributed by atoms with Crippen molar-refractivity contribution in [3.63, 3.8) is 0 Å². The maximum atomic E-state index is 13.0. The number of nitrogens with zero attached hydrogens (tertiary/aromatic N) is 3. The Morgan fingerprint density at radius 1 is 0.909 bits per heavy atom. The molecule has 0 saturated carbocycles. The van der Waals surface area contributed by atoms with Crippen molar-refractivity contribution < 1.29 is 17.6 Å². The van der Waals surface area contributed by atoms with E-state index >= 15 is 0 Å². The number of carbonyl (C=O) groups is 1. The summed E-state index contributed by atoms with van der Waals surface area (Å²) in [7, 11) is -3.83. The molecule has 10 heteroatoms. The van der Waals surface area contributed by atoms with Gasteiger partial charge < -0.3 is 5.32 Å². The zero-order valence-corrected chi connectivity index (χ0v) is 18.2. The van der Waals surface area contributed by atoms with Crippen molar-refractivity contribution in [2.45, 2.75) is 17.9 Å². The summed E-state index contributed by atoms with van der Waals surface area (Å²) in [4.78, 5) is 16.2. The second-order valence-electron chi connectivity index (χ2n) is 7.22. The number of anilines is 1. The summed E-state index contributed by atoms with van der Waals surface area (Å²) in [6.45, 7) is 0.381. The van der Waals surface area contributed by atoms with Crippen LogP contribution in [0.25, 0.3) is 5.69 Å². The predicted octanol–water partition coefficient (Wildman–Crippen LogP) is 3.07. The molecule has 3 aromatic carbocycles. The number of carbonyl (C=O) groups excluding carboxylic acids is 1. The van der Waals surface area contributed by atoms with Crippen molar-refractivity contribution in [3.05, 3.63) is 102 Å². The second kappa shape index (κ2) is 9.61. The number of halogens is 1. The fourth-order valence-corrected chi connectivity index (χ4v) is 4.13. The van der Waals surface area contributed by atoms with Gasteiger partial charge in [0.1, 0.15) is 18.5 Å². The third-order valence-corrected chi connectivity index (χ3v) is 6.20. The third-order valence-electron chi connectivity index (χ3n) is 4.80. The monoisotopic (exact) mass is 465 g/mol. The van der Waals surface area contributed by atoms with Crippen molar-refractivity contribution in [2.24, 2.45) is 0 Å². The van der Waals surface area contributed by atoms with Crippen molar-refractivity contribution in [3.8, 4) is 5.69 Å². The first-order valence-electron chi connectivity index (χ1n) is 9.97. The van der Waals surface area contributed by atoms with E-state index in [4.69, 9.17) is 0 Å². The molecule has 4 rings (SSSR count). The molecular formula is C23H20FN5O3S. The first-order valence-corrected chi connectivity index (χ1v) is 11.5. The van der Waals surface area contributed by atoms with Gasteiger partial charge in [0.15, 0.2) is 0 Å². The SMILES string of the molecule is O=C(Cc1ccc(NS(=O)(=O)c2ccc(F)cc2)cc1)NCc1ccc(-n2cncn2)cc1. The molecule has 2 N–H and O–H groups in total. The zero-order valence-electron chi connectivity index (χ0n) is 17.3. The number of hydrogen-bond donors (Lipinski definition) is 2. The molecule has 0 fully saturated rings. The van der Waals surface area contributed by atoms with E-state index in [1.807, 2.05) is 24.3 Å². The molecule has 0 radical (unpaired) electrons. The number of sulfonamides is 1. The van der Waals surface area contributed by atoms with E-state index in [0.717, 1.165) is 28.9 Å². The maximum Gasteiger partial charge on any atom is 0.261 e. The van der Waals surface area contributed by atoms with Crippen molar-refractivity contribution in [1.82, 2.24) is 20.1 Å². The van der Waals surface area contributed by atoms with Crippen LogP contribution in [0.15, 0.2) is 90.3 Å². The van der Waals surface area contributed by atoms with E-state index < -0.39 is 15.8 Å². The highest BCUT2D eigenvalue weighted by Gasteiger charge is 2.14. The average molecular weight is 466 g/mol. The van der Waals surface area contributed by atoms with E-state index in [0.29, 0.717) is 12.2 Å². The van der Waals surface area contributed by atoms with Gasteiger partial charge in [0.2, 0.25) is 5.91 Å². The lowest BCUT2D eigenvalue weighted by Gasteiger charge is -2.09. The first-order chi connectivity index (χ1) is 15.9. The molecule has 1 aromatic heterocycles. The van der Waals surface area contributed by atoms with Crippen LogP contribution in [-0.4, -0.2) is 29.1 Å². The summed E-state index contributed by atoms with van der Waals surface area (Å²) < 4.78 is 41.9. The quantitative estimate of drug-likeness (QED) is 0.416. The summed E-state index contributed by atoms with van der Waals surface area (Å²) in [5.74, 6) is -0.671. The fraction of sp³-hybridized carbons (Fsp3) is 0.0870. The van der Waals surface area contributed by atoms with E-state index in [-0.39, 0.29) is 17.2 Å². The number of benzene rings is 3. The van der Waals surface area contributed by atoms with E-state index in [9.17, 15) is 17.6 Å². The van der Waals surface area contributed by atoms with Crippen molar-refractivity contribution in [1.29, 1.82) is 0 Å². The third kappa shape index (κ3) is 5.80. The molecule has 8 nitrogen and oxygen atoms in total. The van der Waals surface area contributed by atoms with Crippen LogP contribution in [-0.2, 0) is 27.8 Å². The summed E-state index contributed by atoms with van der Waals surface area (Å²) in [5, 5.41) is 6.93. The molecule has 33 heavy (non-hydrogen) atoms. The zero-order chi connectivity index (χ0) is 23.3. The molecule has 0 aliphatic heterocycles. The highest BCUT2D eigenvalue weighted by atomic mass is 32.2. The molecule has 4 aromatic rings. The Labute approximate surface area is 190 Å². The van der Waals surface area contributed by atoms with Gasteiger partial charge in [-0.05, 0) is 59.7 Å². The van der Waals surface area contributed by atoms with E-state index in [1.165, 1.54) is 18.5 Å². The Morgan fingerprint density at radius 2 is 1.58 bits per heavy atom. The maximum absolute atomic E-state index is 13.0. The van der Waals surface area contributed by atoms with Crippen molar-refractivity contribution in [2.75, 3.05) is 4.72 Å². The van der Waals surface area contributed by atoms with Gasteiger partial charge >= 0.3 is 0 Å². The highest BCUT2D eigenvalue weighted by molar-refractivity contribution is 7.92. The first kappa shape index (κ1) is 22.2. The summed E-state index contributed by atoms with van der Waals surface area (Å²) in [6, 6.07) is 18.6. The molecule has 0 atom stereocenters. The second-order valence-corrected chi connectivity index (χ2v) is 8.90. The number of hydrogen-bond acceptors (Lipinski definition) is 5. The summed E-state index contributed by atoms with van der Waals surface area (Å²) >= 11 is 0. The van der Waals surface area contributed by atoms with Gasteiger partial charge in [-0.3, -0.25) is 9.52 Å². The van der Waals surface area contributed by atoms with Crippen LogP contribution >= 0.6 is 0 Å². The van der Waals surface area contributed by atoms with Crippen LogP contribution < -0.4 is 10.0 Å². The van der Waals surface area contributed by atoms with Gasteiger partial charge in [-0.1, -0.05) is 24.3 Å². The van der Waals surface area contributed by atoms with Crippen LogP contribution in [0.1, 0.15) is 11.1 Å². The van der Waals surface area contributed by atoms with Gasteiger partial charge in [-0.25, -0.2) is 22.5 Å². The molecular weight excluding hydrogens is 445 g/mol. The van der Waals surface area contributed by atoms with Gasteiger partial charge in [0, 0.05) is 12.2 Å². The molecule has 0 bridgehead atoms. The molecule has 0 aliphatic rings. The van der Waals surface area contributed by atoms with Crippen LogP contribution in [0.4, 0.5) is 10.1 Å². The lowest BCUT2D eigenvalue weighted by Crippen LogP contribution is -2.24. The van der Waals surface area contributed by atoms with Gasteiger partial charge in [0.25, 0.3) is 10.0 Å². The van der Waals surface area contributed by atoms with Crippen LogP contribution in [0.5, 0.6) is 0 Å². The Hall–Kier alpha value is -4.05. The Morgan fingerprint density at radius 3 is 2.21 bits per heavy atom. The summed E-state index contributed by atoms with van der Waals surface area (Å²) in [5.41, 5.74) is 2.89. The molecule has 1 amide bonds. The smallest absolute Gasteiger partial charge is 0.261 e. The standard InChI is InChI=1S/C23H20FN5O3S/c24-19-5-11-22(12-6-19)33(31,32)28-20-7-1-17(2-8-20)13-23(30)26-14-18-3-9-21(10-4-18)29-16-25-15-27-29/h1-12,15-16,28H,13-14H2,(H,26,30). The van der Waals surface area contributed by atoms with Crippen LogP contribution in [0.3, 0.4) is 0 Å². The average Bonchev–Trinajstić information content (AvgIpc) is 3.35. The number of rotatable bonds is 8. The highest BCUT2D eigenvalue weighted by Crippen LogP contribution is 2.17. The number of nitrogens with one attached hydrogen (secondary N) is 2. The Balaban J connectivity index is 1.29. The van der Waals surface area contributed by atoms with E-state index in [1.54, 1.807) is 35.3 Å². The largest absolute Gasteiger partial charge is 0.352 e. The number of amides is 1. The Kier molecular flexibility index (Phi) is 6.45. The minimum atomic E-state index is -3.83. The minimum Gasteiger partial charge on any atom is -0.352 e. The fourth-order valence-electron chi connectivity index (χ4n) is 3.08. The van der Waals surface area contributed by atoms with Gasteiger partial charge in [0.05, 0.1) is 17.0 Å². The lowest BCUT2D eigenvalue weighted by molar-refractivity contribution is -0.120.